The lowest BCUT2D eigenvalue weighted by molar-refractivity contribution is -0.315. The minimum atomic E-state index is -0.155. The lowest BCUT2D eigenvalue weighted by Crippen LogP contribution is -2.65. The zero-order chi connectivity index (χ0) is 38.4. The molecule has 0 bridgehead atoms. The monoisotopic (exact) mass is 742 g/mol. The van der Waals surface area contributed by atoms with Crippen LogP contribution in [0.15, 0.2) is 0 Å². The number of anilines is 2. The number of unbranched alkanes of at least 4 members (excludes halogenated alkanes) is 1. The highest BCUT2D eigenvalue weighted by Gasteiger charge is 2.51. The maximum atomic E-state index is 9.83. The van der Waals surface area contributed by atoms with E-state index >= 15 is 0 Å². The van der Waals surface area contributed by atoms with Crippen molar-refractivity contribution in [3.05, 3.63) is 5.82 Å². The van der Waals surface area contributed by atoms with Crippen molar-refractivity contribution in [2.75, 3.05) is 29.9 Å². The number of aliphatic hydroxyl groups excluding tert-OH is 1. The molecule has 0 aromatic carbocycles. The maximum Gasteiger partial charge on any atom is 0.230 e. The molecule has 1 atom stereocenters. The summed E-state index contributed by atoms with van der Waals surface area (Å²) in [7, 11) is 0. The second-order valence-electron chi connectivity index (χ2n) is 19.7. The van der Waals surface area contributed by atoms with E-state index in [4.69, 9.17) is 24.6 Å². The van der Waals surface area contributed by atoms with E-state index in [0.29, 0.717) is 30.6 Å². The van der Waals surface area contributed by atoms with Crippen molar-refractivity contribution >= 4 is 11.9 Å². The second-order valence-corrected chi connectivity index (χ2v) is 19.7. The van der Waals surface area contributed by atoms with Crippen LogP contribution in [0.1, 0.15) is 197 Å². The molecule has 2 aliphatic heterocycles. The summed E-state index contributed by atoms with van der Waals surface area (Å²) in [5.74, 6) is 2.84. The molecule has 4 fully saturated rings. The summed E-state index contributed by atoms with van der Waals surface area (Å²) in [4.78, 5) is 32.1. The Hall–Kier alpha value is -1.59. The van der Waals surface area contributed by atoms with Crippen molar-refractivity contribution in [1.29, 1.82) is 0 Å². The van der Waals surface area contributed by atoms with Crippen LogP contribution in [0.25, 0.3) is 0 Å². The van der Waals surface area contributed by atoms with Gasteiger partial charge in [0, 0.05) is 47.2 Å². The molecule has 2 saturated carbocycles. The SMILES string of the molecule is CCCCN(c1nc(NCCO)nc(C(CCC)C2CC(C)(C)N(OC3CCCCC3)C(C)(C)C2)n1)C1CC(C)(C)N(OC2CCCCC2)C(C)(C)C1. The van der Waals surface area contributed by atoms with Gasteiger partial charge in [-0.2, -0.15) is 25.1 Å². The summed E-state index contributed by atoms with van der Waals surface area (Å²) in [6.45, 7) is 24.8. The number of aromatic nitrogens is 3. The van der Waals surface area contributed by atoms with Gasteiger partial charge in [0.05, 0.1) is 18.8 Å². The Morgan fingerprint density at radius 2 is 1.23 bits per heavy atom. The Balaban J connectivity index is 1.46. The Morgan fingerprint density at radius 1 is 0.717 bits per heavy atom. The molecular formula is C43H79N7O3. The lowest BCUT2D eigenvalue weighted by atomic mass is 9.69. The number of nitrogens with one attached hydrogen (secondary N) is 1. The van der Waals surface area contributed by atoms with Gasteiger partial charge in [0.2, 0.25) is 11.9 Å². The summed E-state index contributed by atoms with van der Waals surface area (Å²) in [5.41, 5.74) is -0.557. The minimum absolute atomic E-state index is 0.0257. The molecule has 2 N–H and O–H groups in total. The highest BCUT2D eigenvalue weighted by molar-refractivity contribution is 5.40. The number of hydrogen-bond acceptors (Lipinski definition) is 10. The fourth-order valence-corrected chi connectivity index (χ4v) is 10.8. The van der Waals surface area contributed by atoms with E-state index in [1.807, 2.05) is 0 Å². The summed E-state index contributed by atoms with van der Waals surface area (Å²) in [6.07, 6.45) is 21.3. The average molecular weight is 742 g/mol. The number of rotatable bonds is 16. The molecule has 2 saturated heterocycles. The molecule has 5 rings (SSSR count). The minimum Gasteiger partial charge on any atom is -0.395 e. The molecule has 53 heavy (non-hydrogen) atoms. The van der Waals surface area contributed by atoms with Gasteiger partial charge in [-0.05, 0) is 126 Å². The maximum absolute atomic E-state index is 9.83. The molecule has 0 radical (unpaired) electrons. The summed E-state index contributed by atoms with van der Waals surface area (Å²) in [5, 5.41) is 17.9. The molecule has 1 aromatic heterocycles. The van der Waals surface area contributed by atoms with Crippen molar-refractivity contribution < 1.29 is 14.8 Å². The van der Waals surface area contributed by atoms with Crippen molar-refractivity contribution in [2.24, 2.45) is 5.92 Å². The van der Waals surface area contributed by atoms with Crippen LogP contribution < -0.4 is 10.2 Å². The molecule has 0 amide bonds. The van der Waals surface area contributed by atoms with Crippen LogP contribution in [-0.4, -0.2) is 90.3 Å². The third-order valence-electron chi connectivity index (χ3n) is 12.8. The van der Waals surface area contributed by atoms with Crippen LogP contribution in [-0.2, 0) is 9.68 Å². The molecule has 3 heterocycles. The molecule has 10 nitrogen and oxygen atoms in total. The first-order valence-corrected chi connectivity index (χ1v) is 21.9. The largest absolute Gasteiger partial charge is 0.395 e. The molecule has 2 aliphatic carbocycles. The van der Waals surface area contributed by atoms with E-state index in [0.717, 1.165) is 95.4 Å². The Kier molecular flexibility index (Phi) is 14.5. The average Bonchev–Trinajstić information content (AvgIpc) is 3.10. The van der Waals surface area contributed by atoms with Gasteiger partial charge in [-0.15, -0.1) is 0 Å². The Morgan fingerprint density at radius 3 is 1.70 bits per heavy atom. The standard InChI is InChI=1S/C43H79N7O3/c1-11-13-26-48(33-30-42(7,8)50(43(9,10)31-33)53-35-23-18-15-19-24-35)39-46-37(45-38(47-39)44-25-27-51)36(20-12-2)32-28-40(3,4)49(41(5,6)29-32)52-34-21-16-14-17-22-34/h32-36,51H,11-31H2,1-10H3,(H,44,45,46,47). The van der Waals surface area contributed by atoms with Crippen LogP contribution in [0.3, 0.4) is 0 Å². The normalized spacial score (nSPS) is 25.3. The number of piperidine rings is 2. The van der Waals surface area contributed by atoms with Crippen molar-refractivity contribution in [1.82, 2.24) is 25.1 Å². The summed E-state index contributed by atoms with van der Waals surface area (Å²) >= 11 is 0. The predicted octanol–water partition coefficient (Wildman–Crippen LogP) is 9.59. The first-order valence-electron chi connectivity index (χ1n) is 21.9. The smallest absolute Gasteiger partial charge is 0.230 e. The molecular weight excluding hydrogens is 663 g/mol. The third-order valence-corrected chi connectivity index (χ3v) is 12.8. The lowest BCUT2D eigenvalue weighted by Gasteiger charge is -2.56. The van der Waals surface area contributed by atoms with Gasteiger partial charge in [-0.3, -0.25) is 9.68 Å². The van der Waals surface area contributed by atoms with Crippen LogP contribution in [0.5, 0.6) is 0 Å². The molecule has 4 aliphatic rings. The topological polar surface area (TPSA) is 99.1 Å². The number of aliphatic hydroxyl groups is 1. The van der Waals surface area contributed by atoms with Crippen molar-refractivity contribution in [3.8, 4) is 0 Å². The third kappa shape index (κ3) is 10.6. The van der Waals surface area contributed by atoms with Gasteiger partial charge < -0.3 is 15.3 Å². The van der Waals surface area contributed by atoms with E-state index in [9.17, 15) is 5.11 Å². The molecule has 10 heteroatoms. The van der Waals surface area contributed by atoms with Crippen LogP contribution in [0, 0.1) is 5.92 Å². The fraction of sp³-hybridized carbons (Fsp3) is 0.930. The number of hydrogen-bond donors (Lipinski definition) is 2. The second kappa shape index (κ2) is 18.1. The van der Waals surface area contributed by atoms with E-state index in [-0.39, 0.29) is 40.7 Å². The van der Waals surface area contributed by atoms with E-state index < -0.39 is 0 Å². The Bertz CT molecular complexity index is 1240. The van der Waals surface area contributed by atoms with E-state index in [2.05, 4.69) is 89.6 Å². The van der Waals surface area contributed by atoms with Gasteiger partial charge in [0.15, 0.2) is 0 Å². The summed E-state index contributed by atoms with van der Waals surface area (Å²) < 4.78 is 0. The molecule has 1 unspecified atom stereocenters. The van der Waals surface area contributed by atoms with E-state index in [1.54, 1.807) is 0 Å². The highest BCUT2D eigenvalue weighted by atomic mass is 16.7. The van der Waals surface area contributed by atoms with Crippen molar-refractivity contribution in [3.63, 3.8) is 0 Å². The van der Waals surface area contributed by atoms with Gasteiger partial charge in [-0.25, -0.2) is 0 Å². The molecule has 304 valence electrons. The fourth-order valence-electron chi connectivity index (χ4n) is 10.8. The van der Waals surface area contributed by atoms with Gasteiger partial charge >= 0.3 is 0 Å². The highest BCUT2D eigenvalue weighted by Crippen LogP contribution is 2.49. The van der Waals surface area contributed by atoms with Crippen LogP contribution in [0.4, 0.5) is 11.9 Å². The van der Waals surface area contributed by atoms with Crippen LogP contribution in [0.2, 0.25) is 0 Å². The number of hydroxylamine groups is 4. The van der Waals surface area contributed by atoms with Gasteiger partial charge in [-0.1, -0.05) is 65.2 Å². The van der Waals surface area contributed by atoms with Crippen molar-refractivity contribution in [2.45, 2.75) is 231 Å². The van der Waals surface area contributed by atoms with E-state index in [1.165, 1.54) is 38.5 Å². The van der Waals surface area contributed by atoms with Gasteiger partial charge in [0.25, 0.3) is 0 Å². The summed E-state index contributed by atoms with van der Waals surface area (Å²) in [6, 6.07) is 0.251. The molecule has 1 aromatic rings. The first kappa shape index (κ1) is 42.6. The zero-order valence-electron chi connectivity index (χ0n) is 35.7. The quantitative estimate of drug-likeness (QED) is 0.170. The van der Waals surface area contributed by atoms with Crippen LogP contribution >= 0.6 is 0 Å². The molecule has 0 spiro atoms. The van der Waals surface area contributed by atoms with Gasteiger partial charge in [0.1, 0.15) is 5.82 Å². The number of nitrogens with zero attached hydrogens (tertiary/aromatic N) is 6. The first-order chi connectivity index (χ1) is 25.1. The Labute approximate surface area is 323 Å². The predicted molar refractivity (Wildman–Crippen MR) is 217 cm³/mol. The zero-order valence-corrected chi connectivity index (χ0v) is 35.7.